The highest BCUT2D eigenvalue weighted by Gasteiger charge is 2.47. The topological polar surface area (TPSA) is 32.8 Å². The summed E-state index contributed by atoms with van der Waals surface area (Å²) in [5.41, 5.74) is -0.366. The maximum absolute atomic E-state index is 12.5. The molecular weight excluding hydrogens is 240 g/mol. The summed E-state index contributed by atoms with van der Waals surface area (Å²) in [6.07, 6.45) is 4.44. The van der Waals surface area contributed by atoms with Gasteiger partial charge in [0.25, 0.3) is 0 Å². The Bertz CT molecular complexity index is 338. The molecule has 2 aliphatic rings. The lowest BCUT2D eigenvalue weighted by Crippen LogP contribution is -2.57. The second-order valence-corrected chi connectivity index (χ2v) is 6.93. The number of hydrogen-bond acceptors (Lipinski definition) is 3. The number of likely N-dealkylation sites (tertiary alicyclic amines) is 2. The van der Waals surface area contributed by atoms with Gasteiger partial charge in [0.05, 0.1) is 5.54 Å². The normalized spacial score (nSPS) is 28.9. The van der Waals surface area contributed by atoms with Crippen LogP contribution >= 0.6 is 0 Å². The smallest absolute Gasteiger partial charge is 0.410 e. The van der Waals surface area contributed by atoms with Crippen LogP contribution < -0.4 is 0 Å². The van der Waals surface area contributed by atoms with Crippen molar-refractivity contribution >= 4 is 6.09 Å². The summed E-state index contributed by atoms with van der Waals surface area (Å²) >= 11 is 0. The van der Waals surface area contributed by atoms with Crippen LogP contribution in [0, 0.1) is 0 Å². The Kier molecular flexibility index (Phi) is 4.09. The van der Waals surface area contributed by atoms with Crippen molar-refractivity contribution in [3.05, 3.63) is 0 Å². The van der Waals surface area contributed by atoms with Gasteiger partial charge in [-0.3, -0.25) is 0 Å². The molecule has 1 atom stereocenters. The number of ether oxygens (including phenoxy) is 1. The first kappa shape index (κ1) is 14.6. The first-order chi connectivity index (χ1) is 8.86. The number of likely N-dealkylation sites (N-methyl/N-ethyl adjacent to an activating group) is 1. The molecule has 2 rings (SSSR count). The molecule has 2 aliphatic heterocycles. The van der Waals surface area contributed by atoms with Crippen LogP contribution in [0.25, 0.3) is 0 Å². The van der Waals surface area contributed by atoms with Gasteiger partial charge in [-0.2, -0.15) is 0 Å². The van der Waals surface area contributed by atoms with E-state index in [0.29, 0.717) is 0 Å². The van der Waals surface area contributed by atoms with Gasteiger partial charge in [0, 0.05) is 19.6 Å². The lowest BCUT2D eigenvalue weighted by molar-refractivity contribution is -0.0132. The van der Waals surface area contributed by atoms with E-state index in [1.54, 1.807) is 0 Å². The van der Waals surface area contributed by atoms with E-state index < -0.39 is 5.60 Å². The molecule has 0 bridgehead atoms. The van der Waals surface area contributed by atoms with Gasteiger partial charge in [0.1, 0.15) is 5.60 Å². The van der Waals surface area contributed by atoms with Gasteiger partial charge in [-0.1, -0.05) is 6.92 Å². The SMILES string of the molecule is CCN1CCC2(CCCCN2C(=O)OC(C)(C)C)C1. The van der Waals surface area contributed by atoms with Crippen LogP contribution in [0.2, 0.25) is 0 Å². The van der Waals surface area contributed by atoms with E-state index >= 15 is 0 Å². The minimum atomic E-state index is -0.404. The second kappa shape index (κ2) is 5.31. The summed E-state index contributed by atoms with van der Waals surface area (Å²) in [7, 11) is 0. The molecule has 0 aliphatic carbocycles. The van der Waals surface area contributed by atoms with E-state index in [9.17, 15) is 4.79 Å². The molecule has 19 heavy (non-hydrogen) atoms. The van der Waals surface area contributed by atoms with Crippen molar-refractivity contribution in [3.63, 3.8) is 0 Å². The minimum Gasteiger partial charge on any atom is -0.444 e. The molecule has 0 radical (unpaired) electrons. The zero-order chi connectivity index (χ0) is 14.1. The quantitative estimate of drug-likeness (QED) is 0.733. The largest absolute Gasteiger partial charge is 0.444 e. The monoisotopic (exact) mass is 268 g/mol. The number of carbonyl (C=O) groups excluding carboxylic acids is 1. The fourth-order valence-corrected chi connectivity index (χ4v) is 3.33. The Morgan fingerprint density at radius 1 is 1.21 bits per heavy atom. The Labute approximate surface area is 117 Å². The van der Waals surface area contributed by atoms with E-state index in [0.717, 1.165) is 45.4 Å². The van der Waals surface area contributed by atoms with Crippen molar-refractivity contribution in [2.45, 2.75) is 64.5 Å². The zero-order valence-corrected chi connectivity index (χ0v) is 12.9. The molecule has 1 amide bonds. The number of carbonyl (C=O) groups is 1. The lowest BCUT2D eigenvalue weighted by Gasteiger charge is -2.45. The van der Waals surface area contributed by atoms with Gasteiger partial charge in [-0.25, -0.2) is 4.79 Å². The highest BCUT2D eigenvalue weighted by Crippen LogP contribution is 2.37. The van der Waals surface area contributed by atoms with E-state index in [-0.39, 0.29) is 11.6 Å². The molecule has 0 aromatic rings. The van der Waals surface area contributed by atoms with Crippen molar-refractivity contribution < 1.29 is 9.53 Å². The van der Waals surface area contributed by atoms with Crippen molar-refractivity contribution in [3.8, 4) is 0 Å². The Morgan fingerprint density at radius 3 is 2.53 bits per heavy atom. The molecule has 1 unspecified atom stereocenters. The average molecular weight is 268 g/mol. The maximum Gasteiger partial charge on any atom is 0.410 e. The Morgan fingerprint density at radius 2 is 1.95 bits per heavy atom. The number of amides is 1. The number of rotatable bonds is 1. The van der Waals surface area contributed by atoms with Gasteiger partial charge in [0.15, 0.2) is 0 Å². The van der Waals surface area contributed by atoms with Crippen LogP contribution in [0.4, 0.5) is 4.79 Å². The summed E-state index contributed by atoms with van der Waals surface area (Å²) in [6.45, 7) is 12.1. The lowest BCUT2D eigenvalue weighted by atomic mass is 9.86. The Hall–Kier alpha value is -0.770. The number of nitrogens with zero attached hydrogens (tertiary/aromatic N) is 2. The predicted octanol–water partition coefficient (Wildman–Crippen LogP) is 2.87. The van der Waals surface area contributed by atoms with Crippen LogP contribution in [0.15, 0.2) is 0 Å². The van der Waals surface area contributed by atoms with Crippen LogP contribution in [0.1, 0.15) is 53.4 Å². The van der Waals surface area contributed by atoms with Gasteiger partial charge in [0.2, 0.25) is 0 Å². The zero-order valence-electron chi connectivity index (χ0n) is 12.9. The molecule has 4 nitrogen and oxygen atoms in total. The van der Waals surface area contributed by atoms with Gasteiger partial charge in [-0.15, -0.1) is 0 Å². The van der Waals surface area contributed by atoms with E-state index in [4.69, 9.17) is 4.74 Å². The van der Waals surface area contributed by atoms with Crippen molar-refractivity contribution in [1.29, 1.82) is 0 Å². The summed E-state index contributed by atoms with van der Waals surface area (Å²) in [5, 5.41) is 0. The van der Waals surface area contributed by atoms with Crippen molar-refractivity contribution in [2.75, 3.05) is 26.2 Å². The summed E-state index contributed by atoms with van der Waals surface area (Å²) < 4.78 is 5.60. The molecule has 0 aromatic carbocycles. The van der Waals surface area contributed by atoms with Crippen LogP contribution in [-0.4, -0.2) is 53.2 Å². The first-order valence-electron chi connectivity index (χ1n) is 7.59. The number of piperidine rings is 1. The molecule has 0 aromatic heterocycles. The van der Waals surface area contributed by atoms with Gasteiger partial charge >= 0.3 is 6.09 Å². The molecule has 2 fully saturated rings. The van der Waals surface area contributed by atoms with E-state index in [2.05, 4.69) is 11.8 Å². The predicted molar refractivity (Wildman–Crippen MR) is 76.3 cm³/mol. The molecule has 110 valence electrons. The van der Waals surface area contributed by atoms with Crippen LogP contribution in [-0.2, 0) is 4.74 Å². The second-order valence-electron chi connectivity index (χ2n) is 6.93. The third kappa shape index (κ3) is 3.22. The highest BCUT2D eigenvalue weighted by atomic mass is 16.6. The van der Waals surface area contributed by atoms with E-state index in [1.165, 1.54) is 6.42 Å². The third-order valence-corrected chi connectivity index (χ3v) is 4.32. The fraction of sp³-hybridized carbons (Fsp3) is 0.933. The molecular formula is C15H28N2O2. The van der Waals surface area contributed by atoms with E-state index in [1.807, 2.05) is 25.7 Å². The highest BCUT2D eigenvalue weighted by molar-refractivity contribution is 5.69. The van der Waals surface area contributed by atoms with Crippen molar-refractivity contribution in [2.24, 2.45) is 0 Å². The summed E-state index contributed by atoms with van der Waals surface area (Å²) in [4.78, 5) is 16.9. The van der Waals surface area contributed by atoms with Gasteiger partial charge in [-0.05, 0) is 53.0 Å². The average Bonchev–Trinajstić information content (AvgIpc) is 2.71. The first-order valence-corrected chi connectivity index (χ1v) is 7.59. The molecule has 1 spiro atoms. The molecule has 4 heteroatoms. The fourth-order valence-electron chi connectivity index (χ4n) is 3.33. The molecule has 2 saturated heterocycles. The standard InChI is InChI=1S/C15H28N2O2/c1-5-16-11-9-15(12-16)8-6-7-10-17(15)13(18)19-14(2,3)4/h5-12H2,1-4H3. The maximum atomic E-state index is 12.5. The van der Waals surface area contributed by atoms with Gasteiger partial charge < -0.3 is 14.5 Å². The number of hydrogen-bond donors (Lipinski definition) is 0. The minimum absolute atomic E-state index is 0.0383. The molecule has 0 saturated carbocycles. The van der Waals surface area contributed by atoms with Crippen LogP contribution in [0.3, 0.4) is 0 Å². The Balaban J connectivity index is 2.10. The summed E-state index contributed by atoms with van der Waals surface area (Å²) in [5.74, 6) is 0. The third-order valence-electron chi connectivity index (χ3n) is 4.32. The molecule has 0 N–H and O–H groups in total. The molecule has 2 heterocycles. The van der Waals surface area contributed by atoms with Crippen LogP contribution in [0.5, 0.6) is 0 Å². The van der Waals surface area contributed by atoms with Crippen molar-refractivity contribution in [1.82, 2.24) is 9.80 Å². The summed E-state index contributed by atoms with van der Waals surface area (Å²) in [6, 6.07) is 0.